The smallest absolute Gasteiger partial charge is 0.186 e. The molecule has 3 aromatic carbocycles. The third kappa shape index (κ3) is 8.60. The highest BCUT2D eigenvalue weighted by molar-refractivity contribution is 5.15. The number of benzene rings is 3. The van der Waals surface area contributed by atoms with E-state index in [0.29, 0.717) is 26.4 Å². The van der Waals surface area contributed by atoms with E-state index in [4.69, 9.17) is 23.7 Å². The van der Waals surface area contributed by atoms with Crippen molar-refractivity contribution in [3.05, 3.63) is 120 Å². The van der Waals surface area contributed by atoms with Crippen LogP contribution in [0.2, 0.25) is 0 Å². The summed E-state index contributed by atoms with van der Waals surface area (Å²) in [6.45, 7) is 5.58. The van der Waals surface area contributed by atoms with Crippen molar-refractivity contribution in [1.82, 2.24) is 0 Å². The summed E-state index contributed by atoms with van der Waals surface area (Å²) in [6.07, 6.45) is -0.189. The number of hydrogen-bond acceptors (Lipinski definition) is 6. The van der Waals surface area contributed by atoms with Gasteiger partial charge in [-0.15, -0.1) is 6.58 Å². The largest absolute Gasteiger partial charge is 0.385 e. The van der Waals surface area contributed by atoms with Crippen LogP contribution in [0.1, 0.15) is 29.5 Å². The number of aliphatic hydroxyl groups excluding tert-OH is 1. The highest BCUT2D eigenvalue weighted by Gasteiger charge is 2.47. The minimum absolute atomic E-state index is 0.263. The van der Waals surface area contributed by atoms with Gasteiger partial charge in [0.15, 0.2) is 6.29 Å². The Labute approximate surface area is 225 Å². The number of hydrogen-bond donors (Lipinski definition) is 1. The van der Waals surface area contributed by atoms with Gasteiger partial charge in [-0.05, 0) is 29.5 Å². The molecule has 1 aliphatic heterocycles. The van der Waals surface area contributed by atoms with Crippen molar-refractivity contribution in [2.75, 3.05) is 13.2 Å². The third-order valence-corrected chi connectivity index (χ3v) is 6.41. The van der Waals surface area contributed by atoms with Gasteiger partial charge in [-0.3, -0.25) is 0 Å². The number of rotatable bonds is 15. The molecule has 1 saturated heterocycles. The molecule has 1 fully saturated rings. The highest BCUT2D eigenvalue weighted by atomic mass is 16.7. The van der Waals surface area contributed by atoms with E-state index in [0.717, 1.165) is 29.5 Å². The molecule has 38 heavy (non-hydrogen) atoms. The molecule has 202 valence electrons. The van der Waals surface area contributed by atoms with Crippen LogP contribution in [0.3, 0.4) is 0 Å². The Bertz CT molecular complexity index is 1050. The van der Waals surface area contributed by atoms with Crippen LogP contribution in [0.4, 0.5) is 0 Å². The van der Waals surface area contributed by atoms with Crippen molar-refractivity contribution < 1.29 is 28.8 Å². The van der Waals surface area contributed by atoms with Gasteiger partial charge in [0, 0.05) is 0 Å². The first-order valence-electron chi connectivity index (χ1n) is 13.2. The zero-order valence-corrected chi connectivity index (χ0v) is 21.8. The van der Waals surface area contributed by atoms with Gasteiger partial charge in [-0.25, -0.2) is 0 Å². The van der Waals surface area contributed by atoms with Crippen LogP contribution >= 0.6 is 0 Å². The predicted molar refractivity (Wildman–Crippen MR) is 146 cm³/mol. The Morgan fingerprint density at radius 1 is 0.711 bits per heavy atom. The maximum Gasteiger partial charge on any atom is 0.186 e. The molecule has 1 N–H and O–H groups in total. The van der Waals surface area contributed by atoms with Gasteiger partial charge in [-0.1, -0.05) is 97.1 Å². The fourth-order valence-corrected chi connectivity index (χ4v) is 4.39. The zero-order valence-electron chi connectivity index (χ0n) is 21.8. The summed E-state index contributed by atoms with van der Waals surface area (Å²) in [5.74, 6) is 0. The van der Waals surface area contributed by atoms with Crippen LogP contribution in [0.5, 0.6) is 0 Å². The second-order valence-electron chi connectivity index (χ2n) is 9.36. The van der Waals surface area contributed by atoms with E-state index in [-0.39, 0.29) is 6.61 Å². The molecule has 0 aliphatic carbocycles. The second-order valence-corrected chi connectivity index (χ2v) is 9.36. The summed E-state index contributed by atoms with van der Waals surface area (Å²) >= 11 is 0. The SMILES string of the molecule is C=CCCCO[C@@H]1O[C@H](COCc2ccccc2)[C@@H](OCc2ccccc2)[C@H](OCc2ccccc2)[C@@H]1O. The summed E-state index contributed by atoms with van der Waals surface area (Å²) in [4.78, 5) is 0. The molecule has 6 heteroatoms. The van der Waals surface area contributed by atoms with Crippen molar-refractivity contribution in [3.63, 3.8) is 0 Å². The van der Waals surface area contributed by atoms with Crippen LogP contribution in [0.15, 0.2) is 104 Å². The Kier molecular flexibility index (Phi) is 11.5. The lowest BCUT2D eigenvalue weighted by molar-refractivity contribution is -0.319. The molecule has 6 nitrogen and oxygen atoms in total. The van der Waals surface area contributed by atoms with Crippen LogP contribution in [0, 0.1) is 0 Å². The highest BCUT2D eigenvalue weighted by Crippen LogP contribution is 2.29. The van der Waals surface area contributed by atoms with Crippen molar-refractivity contribution in [3.8, 4) is 0 Å². The van der Waals surface area contributed by atoms with Gasteiger partial charge >= 0.3 is 0 Å². The molecule has 0 amide bonds. The lowest BCUT2D eigenvalue weighted by Gasteiger charge is -2.44. The number of allylic oxidation sites excluding steroid dienone is 1. The van der Waals surface area contributed by atoms with Crippen LogP contribution in [-0.4, -0.2) is 49.0 Å². The number of ether oxygens (including phenoxy) is 5. The van der Waals surface area contributed by atoms with Gasteiger partial charge in [0.05, 0.1) is 33.0 Å². The Balaban J connectivity index is 1.50. The quantitative estimate of drug-likeness (QED) is 0.213. The van der Waals surface area contributed by atoms with Crippen molar-refractivity contribution in [2.24, 2.45) is 0 Å². The van der Waals surface area contributed by atoms with E-state index < -0.39 is 30.7 Å². The summed E-state index contributed by atoms with van der Waals surface area (Å²) in [7, 11) is 0. The van der Waals surface area contributed by atoms with Crippen molar-refractivity contribution >= 4 is 0 Å². The van der Waals surface area contributed by atoms with E-state index in [1.807, 2.05) is 97.1 Å². The zero-order chi connectivity index (χ0) is 26.4. The molecular formula is C32H38O6. The summed E-state index contributed by atoms with van der Waals surface area (Å²) in [5.41, 5.74) is 3.10. The average molecular weight is 519 g/mol. The van der Waals surface area contributed by atoms with Crippen LogP contribution < -0.4 is 0 Å². The van der Waals surface area contributed by atoms with E-state index >= 15 is 0 Å². The fourth-order valence-electron chi connectivity index (χ4n) is 4.39. The summed E-state index contributed by atoms with van der Waals surface area (Å²) in [6, 6.07) is 29.8. The molecule has 0 saturated carbocycles. The normalized spacial score (nSPS) is 23.2. The molecule has 0 spiro atoms. The molecule has 0 unspecified atom stereocenters. The van der Waals surface area contributed by atoms with Crippen molar-refractivity contribution in [1.29, 1.82) is 0 Å². The molecule has 0 aromatic heterocycles. The Morgan fingerprint density at radius 3 is 1.79 bits per heavy atom. The molecular weight excluding hydrogens is 480 g/mol. The standard InChI is InChI=1S/C32H38O6/c1-2-3-13-20-35-32-29(33)31(37-23-27-18-11-6-12-19-27)30(36-22-26-16-9-5-10-17-26)28(38-32)24-34-21-25-14-7-4-8-15-25/h2,4-12,14-19,28-33H,1,3,13,20-24H2/t28-,29+,30-,31-,32-/m1/s1. The molecule has 0 bridgehead atoms. The lowest BCUT2D eigenvalue weighted by atomic mass is 9.98. The van der Waals surface area contributed by atoms with Crippen molar-refractivity contribution in [2.45, 2.75) is 63.4 Å². The summed E-state index contributed by atoms with van der Waals surface area (Å²) in [5, 5.41) is 11.3. The Morgan fingerprint density at radius 2 is 1.24 bits per heavy atom. The van der Waals surface area contributed by atoms with E-state index in [9.17, 15) is 5.11 Å². The predicted octanol–water partition coefficient (Wildman–Crippen LogP) is 5.44. The van der Waals surface area contributed by atoms with E-state index in [1.165, 1.54) is 0 Å². The van der Waals surface area contributed by atoms with Gasteiger partial charge in [-0.2, -0.15) is 0 Å². The minimum atomic E-state index is -1.03. The first-order valence-corrected chi connectivity index (χ1v) is 13.2. The first kappa shape index (κ1) is 28.2. The fraction of sp³-hybridized carbons (Fsp3) is 0.375. The Hall–Kier alpha value is -2.84. The minimum Gasteiger partial charge on any atom is -0.385 e. The third-order valence-electron chi connectivity index (χ3n) is 6.41. The van der Waals surface area contributed by atoms with E-state index in [2.05, 4.69) is 6.58 Å². The van der Waals surface area contributed by atoms with Gasteiger partial charge in [0.25, 0.3) is 0 Å². The summed E-state index contributed by atoms with van der Waals surface area (Å²) < 4.78 is 31.0. The van der Waals surface area contributed by atoms with Crippen LogP contribution in [-0.2, 0) is 43.5 Å². The second kappa shape index (κ2) is 15.5. The topological polar surface area (TPSA) is 66.4 Å². The molecule has 1 aliphatic rings. The maximum absolute atomic E-state index is 11.3. The monoisotopic (exact) mass is 518 g/mol. The lowest BCUT2D eigenvalue weighted by Crippen LogP contribution is -2.61. The van der Waals surface area contributed by atoms with Gasteiger partial charge in [0.2, 0.25) is 0 Å². The van der Waals surface area contributed by atoms with Gasteiger partial charge < -0.3 is 28.8 Å². The van der Waals surface area contributed by atoms with E-state index in [1.54, 1.807) is 0 Å². The molecule has 5 atom stereocenters. The average Bonchev–Trinajstić information content (AvgIpc) is 2.96. The number of aliphatic hydroxyl groups is 1. The molecule has 1 heterocycles. The van der Waals surface area contributed by atoms with Gasteiger partial charge in [0.1, 0.15) is 24.4 Å². The molecule has 3 aromatic rings. The number of unbranched alkanes of at least 4 members (excludes halogenated alkanes) is 1. The first-order chi connectivity index (χ1) is 18.7. The maximum atomic E-state index is 11.3. The molecule has 4 rings (SSSR count). The van der Waals surface area contributed by atoms with Crippen LogP contribution in [0.25, 0.3) is 0 Å². The molecule has 0 radical (unpaired) electrons.